The van der Waals surface area contributed by atoms with Crippen LogP contribution in [0.15, 0.2) is 85.0 Å². The number of thioether (sulfide) groups is 1. The Morgan fingerprint density at radius 2 is 1.57 bits per heavy atom. The van der Waals surface area contributed by atoms with Gasteiger partial charge in [-0.1, -0.05) is 79.8 Å². The molecular formula is C32H35N3O4S. The lowest BCUT2D eigenvalue weighted by Crippen LogP contribution is -2.56. The number of likely N-dealkylation sites (tertiary alicyclic amines) is 1. The van der Waals surface area contributed by atoms with Crippen LogP contribution in [-0.4, -0.2) is 73.9 Å². The van der Waals surface area contributed by atoms with Gasteiger partial charge in [-0.3, -0.25) is 14.4 Å². The minimum Gasteiger partial charge on any atom is -0.394 e. The zero-order valence-corrected chi connectivity index (χ0v) is 23.7. The number of carbonyl (C=O) groups excluding carboxylic acids is 3. The number of aliphatic hydroxyl groups is 1. The van der Waals surface area contributed by atoms with Crippen molar-refractivity contribution in [2.45, 2.75) is 48.4 Å². The lowest BCUT2D eigenvalue weighted by Gasteiger charge is -2.39. The quantitative estimate of drug-likeness (QED) is 0.549. The Morgan fingerprint density at radius 3 is 2.25 bits per heavy atom. The van der Waals surface area contributed by atoms with Gasteiger partial charge in [-0.25, -0.2) is 0 Å². The molecular weight excluding hydrogens is 522 g/mol. The number of benzene rings is 2. The summed E-state index contributed by atoms with van der Waals surface area (Å²) in [6.45, 7) is 4.96. The van der Waals surface area contributed by atoms with Gasteiger partial charge in [0.25, 0.3) is 0 Å². The molecule has 0 saturated carbocycles. The van der Waals surface area contributed by atoms with Crippen LogP contribution in [0.2, 0.25) is 0 Å². The van der Waals surface area contributed by atoms with Crippen molar-refractivity contribution in [2.24, 2.45) is 11.8 Å². The summed E-state index contributed by atoms with van der Waals surface area (Å²) in [5.74, 6) is -1.86. The summed E-state index contributed by atoms with van der Waals surface area (Å²) in [7, 11) is 0. The molecule has 1 unspecified atom stereocenters. The molecule has 2 saturated heterocycles. The number of rotatable bonds is 6. The van der Waals surface area contributed by atoms with E-state index in [1.54, 1.807) is 26.5 Å². The maximum Gasteiger partial charge on any atom is 0.247 e. The molecule has 0 bridgehead atoms. The number of nitrogens with zero attached hydrogens (tertiary/aromatic N) is 3. The van der Waals surface area contributed by atoms with Crippen LogP contribution in [0.4, 0.5) is 5.69 Å². The van der Waals surface area contributed by atoms with E-state index < -0.39 is 33.4 Å². The Kier molecular flexibility index (Phi) is 6.87. The van der Waals surface area contributed by atoms with Gasteiger partial charge in [0.05, 0.1) is 29.2 Å². The molecule has 0 aliphatic carbocycles. The fourth-order valence-corrected chi connectivity index (χ4v) is 9.24. The van der Waals surface area contributed by atoms with Crippen LogP contribution in [0.3, 0.4) is 0 Å². The molecule has 4 aliphatic heterocycles. The van der Waals surface area contributed by atoms with E-state index in [1.807, 2.05) is 92.7 Å². The van der Waals surface area contributed by atoms with Crippen LogP contribution >= 0.6 is 11.8 Å². The van der Waals surface area contributed by atoms with E-state index in [-0.39, 0.29) is 24.3 Å². The van der Waals surface area contributed by atoms with Gasteiger partial charge in [0, 0.05) is 30.1 Å². The van der Waals surface area contributed by atoms with Crippen LogP contribution < -0.4 is 4.90 Å². The van der Waals surface area contributed by atoms with E-state index in [9.17, 15) is 19.5 Å². The van der Waals surface area contributed by atoms with Crippen molar-refractivity contribution < 1.29 is 19.5 Å². The summed E-state index contributed by atoms with van der Waals surface area (Å²) < 4.78 is -1.60. The molecule has 40 heavy (non-hydrogen) atoms. The number of fused-ring (bicyclic) bond motifs is 2. The van der Waals surface area contributed by atoms with Gasteiger partial charge >= 0.3 is 0 Å². The molecule has 4 heterocycles. The molecule has 6 rings (SSSR count). The largest absolute Gasteiger partial charge is 0.394 e. The van der Waals surface area contributed by atoms with Gasteiger partial charge in [-0.05, 0) is 31.0 Å². The summed E-state index contributed by atoms with van der Waals surface area (Å²) in [4.78, 5) is 48.6. The van der Waals surface area contributed by atoms with E-state index >= 15 is 0 Å². The SMILES string of the molecule is CC[C@@H](CO)N1C(=O)[C@@H]2[C@H]3C(=O)N(c4ccccc4)CC=C[C@@]3(C)S[C@@]23C=CCN(Cc2ccccc2)C(=O)C13. The highest BCUT2D eigenvalue weighted by molar-refractivity contribution is 8.02. The van der Waals surface area contributed by atoms with Crippen LogP contribution in [-0.2, 0) is 20.9 Å². The summed E-state index contributed by atoms with van der Waals surface area (Å²) in [6.07, 6.45) is 8.62. The topological polar surface area (TPSA) is 81.2 Å². The molecule has 6 atom stereocenters. The highest BCUT2D eigenvalue weighted by atomic mass is 32.2. The number of hydrogen-bond acceptors (Lipinski definition) is 5. The number of anilines is 1. The minimum absolute atomic E-state index is 0.106. The van der Waals surface area contributed by atoms with Gasteiger partial charge in [0.2, 0.25) is 17.7 Å². The van der Waals surface area contributed by atoms with E-state index in [2.05, 4.69) is 6.08 Å². The second-order valence-corrected chi connectivity index (χ2v) is 13.1. The summed E-state index contributed by atoms with van der Waals surface area (Å²) in [5, 5.41) is 10.4. The van der Waals surface area contributed by atoms with Gasteiger partial charge in [-0.15, -0.1) is 11.8 Å². The Balaban J connectivity index is 1.46. The zero-order chi connectivity index (χ0) is 28.1. The van der Waals surface area contributed by atoms with Gasteiger partial charge in [-0.2, -0.15) is 0 Å². The van der Waals surface area contributed by atoms with Crippen molar-refractivity contribution >= 4 is 35.2 Å². The average Bonchev–Trinajstić information content (AvgIpc) is 3.24. The van der Waals surface area contributed by atoms with Crippen molar-refractivity contribution in [3.05, 3.63) is 90.5 Å². The second kappa shape index (κ2) is 10.2. The summed E-state index contributed by atoms with van der Waals surface area (Å²) in [6, 6.07) is 18.0. The van der Waals surface area contributed by atoms with Crippen molar-refractivity contribution in [3.8, 4) is 0 Å². The zero-order valence-electron chi connectivity index (χ0n) is 22.8. The van der Waals surface area contributed by atoms with E-state index in [4.69, 9.17) is 0 Å². The predicted octanol–water partition coefficient (Wildman–Crippen LogP) is 3.65. The third-order valence-corrected chi connectivity index (χ3v) is 10.7. The first kappa shape index (κ1) is 26.8. The standard InChI is InChI=1S/C32H35N3O4S/c1-3-23(21-36)35-27-30(39)33(20-22-12-6-4-7-13-22)18-11-17-32(27)26(29(35)38)25-28(37)34(24-14-8-5-9-15-24)19-10-16-31(25,2)40-32/h4-17,23,25-27,36H,3,18-21H2,1-2H3/t23-,25-,26-,27?,31+,32-/m0/s1. The van der Waals surface area contributed by atoms with Crippen LogP contribution in [0.25, 0.3) is 0 Å². The van der Waals surface area contributed by atoms with Crippen molar-refractivity contribution in [1.29, 1.82) is 0 Å². The van der Waals surface area contributed by atoms with Crippen molar-refractivity contribution in [1.82, 2.24) is 9.80 Å². The maximum absolute atomic E-state index is 14.5. The van der Waals surface area contributed by atoms with Crippen LogP contribution in [0.5, 0.6) is 0 Å². The lowest BCUT2D eigenvalue weighted by molar-refractivity contribution is -0.146. The van der Waals surface area contributed by atoms with Crippen molar-refractivity contribution in [2.75, 3.05) is 24.6 Å². The minimum atomic E-state index is -0.929. The molecule has 2 fully saturated rings. The highest BCUT2D eigenvalue weighted by Gasteiger charge is 2.74. The molecule has 0 aromatic heterocycles. The van der Waals surface area contributed by atoms with E-state index in [1.165, 1.54) is 0 Å². The maximum atomic E-state index is 14.5. The first-order valence-electron chi connectivity index (χ1n) is 14.0. The number of carbonyl (C=O) groups is 3. The molecule has 4 aliphatic rings. The second-order valence-electron chi connectivity index (χ2n) is 11.3. The highest BCUT2D eigenvalue weighted by Crippen LogP contribution is 2.66. The summed E-state index contributed by atoms with van der Waals surface area (Å²) >= 11 is 1.57. The molecule has 0 radical (unpaired) electrons. The molecule has 3 amide bonds. The number of hydrogen-bond donors (Lipinski definition) is 1. The summed E-state index contributed by atoms with van der Waals surface area (Å²) in [5.41, 5.74) is 1.80. The molecule has 7 nitrogen and oxygen atoms in total. The monoisotopic (exact) mass is 557 g/mol. The van der Waals surface area contributed by atoms with Crippen molar-refractivity contribution in [3.63, 3.8) is 0 Å². The smallest absolute Gasteiger partial charge is 0.247 e. The van der Waals surface area contributed by atoms with Crippen LogP contribution in [0.1, 0.15) is 25.8 Å². The number of aliphatic hydroxyl groups excluding tert-OH is 1. The Bertz CT molecular complexity index is 1360. The normalized spacial score (nSPS) is 32.0. The fourth-order valence-electron chi connectivity index (χ4n) is 7.10. The third kappa shape index (κ3) is 4.03. The van der Waals surface area contributed by atoms with Gasteiger partial charge in [0.15, 0.2) is 0 Å². The number of para-hydroxylation sites is 1. The number of amides is 3. The third-order valence-electron chi connectivity index (χ3n) is 8.94. The Morgan fingerprint density at radius 1 is 0.900 bits per heavy atom. The lowest BCUT2D eigenvalue weighted by atomic mass is 9.74. The molecule has 2 aromatic carbocycles. The molecule has 8 heteroatoms. The van der Waals surface area contributed by atoms with Gasteiger partial charge < -0.3 is 19.8 Å². The molecule has 208 valence electrons. The molecule has 1 spiro atoms. The Labute approximate surface area is 239 Å². The Hall–Kier alpha value is -3.36. The van der Waals surface area contributed by atoms with E-state index in [0.29, 0.717) is 26.1 Å². The predicted molar refractivity (Wildman–Crippen MR) is 156 cm³/mol. The average molecular weight is 558 g/mol. The fraction of sp³-hybridized carbons (Fsp3) is 0.406. The first-order valence-corrected chi connectivity index (χ1v) is 14.8. The van der Waals surface area contributed by atoms with E-state index in [0.717, 1.165) is 11.3 Å². The van der Waals surface area contributed by atoms with Gasteiger partial charge in [0.1, 0.15) is 6.04 Å². The first-order chi connectivity index (χ1) is 19.3. The molecule has 1 N–H and O–H groups in total. The van der Waals surface area contributed by atoms with Crippen LogP contribution in [0, 0.1) is 11.8 Å². The molecule has 2 aromatic rings.